The summed E-state index contributed by atoms with van der Waals surface area (Å²) in [6, 6.07) is 9.15. The van der Waals surface area contributed by atoms with Crippen molar-refractivity contribution in [1.29, 1.82) is 5.26 Å². The number of nitro groups is 1. The van der Waals surface area contributed by atoms with Gasteiger partial charge in [-0.25, -0.2) is 0 Å². The second kappa shape index (κ2) is 6.91. The summed E-state index contributed by atoms with van der Waals surface area (Å²) in [6.07, 6.45) is 1.37. The lowest BCUT2D eigenvalue weighted by Gasteiger charge is -2.15. The summed E-state index contributed by atoms with van der Waals surface area (Å²) in [5, 5.41) is 20.1. The molecule has 7 heteroatoms. The van der Waals surface area contributed by atoms with E-state index in [1.54, 1.807) is 32.9 Å². The molecule has 6 nitrogen and oxygen atoms in total. The minimum absolute atomic E-state index is 0.0109. The van der Waals surface area contributed by atoms with E-state index >= 15 is 0 Å². The van der Waals surface area contributed by atoms with E-state index < -0.39 is 10.3 Å². The van der Waals surface area contributed by atoms with E-state index in [9.17, 15) is 20.2 Å². The Balaban J connectivity index is 2.38. The van der Waals surface area contributed by atoms with Crippen LogP contribution in [0.15, 0.2) is 40.3 Å². The van der Waals surface area contributed by atoms with Crippen LogP contribution in [0.5, 0.6) is 0 Å². The van der Waals surface area contributed by atoms with Gasteiger partial charge in [0, 0.05) is 29.2 Å². The minimum atomic E-state index is -0.682. The molecule has 0 spiro atoms. The molecule has 1 aromatic carbocycles. The summed E-state index contributed by atoms with van der Waals surface area (Å²) in [6.45, 7) is 5.18. The van der Waals surface area contributed by atoms with Gasteiger partial charge in [0.2, 0.25) is 0 Å². The zero-order valence-corrected chi connectivity index (χ0v) is 14.6. The van der Waals surface area contributed by atoms with Crippen molar-refractivity contribution in [2.45, 2.75) is 20.8 Å². The van der Waals surface area contributed by atoms with E-state index in [4.69, 9.17) is 16.0 Å². The maximum atomic E-state index is 12.2. The molecule has 2 rings (SSSR count). The molecule has 0 fully saturated rings. The highest BCUT2D eigenvalue weighted by Crippen LogP contribution is 2.33. The fourth-order valence-corrected chi connectivity index (χ4v) is 2.36. The Labute approximate surface area is 149 Å². The lowest BCUT2D eigenvalue weighted by Crippen LogP contribution is -2.21. The summed E-state index contributed by atoms with van der Waals surface area (Å²) in [7, 11) is 0. The Kier molecular flexibility index (Phi) is 5.10. The minimum Gasteiger partial charge on any atom is -0.457 e. The van der Waals surface area contributed by atoms with Gasteiger partial charge in [-0.2, -0.15) is 5.26 Å². The van der Waals surface area contributed by atoms with Crippen LogP contribution in [0.25, 0.3) is 17.4 Å². The van der Waals surface area contributed by atoms with Gasteiger partial charge in [-0.3, -0.25) is 14.9 Å². The van der Waals surface area contributed by atoms with Crippen LogP contribution < -0.4 is 0 Å². The van der Waals surface area contributed by atoms with Gasteiger partial charge in [0.05, 0.1) is 15.5 Å². The molecule has 0 aliphatic carbocycles. The molecule has 0 saturated heterocycles. The molecule has 128 valence electrons. The van der Waals surface area contributed by atoms with Crippen LogP contribution in [0.1, 0.15) is 26.5 Å². The Morgan fingerprint density at radius 2 is 2.00 bits per heavy atom. The van der Waals surface area contributed by atoms with Crippen molar-refractivity contribution in [2.75, 3.05) is 0 Å². The first kappa shape index (κ1) is 18.4. The second-order valence-electron chi connectivity index (χ2n) is 6.37. The monoisotopic (exact) mass is 358 g/mol. The lowest BCUT2D eigenvalue weighted by molar-refractivity contribution is -0.384. The number of halogens is 1. The van der Waals surface area contributed by atoms with Crippen molar-refractivity contribution in [3.63, 3.8) is 0 Å². The molecule has 2 aromatic rings. The van der Waals surface area contributed by atoms with Gasteiger partial charge < -0.3 is 4.42 Å². The first-order valence-corrected chi connectivity index (χ1v) is 7.72. The molecular formula is C18H15ClN2O4. The first-order valence-electron chi connectivity index (χ1n) is 7.34. The molecule has 1 heterocycles. The van der Waals surface area contributed by atoms with Gasteiger partial charge in [0.25, 0.3) is 5.69 Å². The largest absolute Gasteiger partial charge is 0.457 e. The molecule has 1 aromatic heterocycles. The molecule has 0 aliphatic heterocycles. The average Bonchev–Trinajstić information content (AvgIpc) is 2.99. The van der Waals surface area contributed by atoms with Gasteiger partial charge >= 0.3 is 0 Å². The predicted octanol–water partition coefficient (Wildman–Crippen LogP) is 5.03. The van der Waals surface area contributed by atoms with Crippen LogP contribution in [0.3, 0.4) is 0 Å². The number of carbonyl (C=O) groups is 1. The van der Waals surface area contributed by atoms with Crippen molar-refractivity contribution in [1.82, 2.24) is 0 Å². The Morgan fingerprint density at radius 1 is 1.32 bits per heavy atom. The van der Waals surface area contributed by atoms with Crippen molar-refractivity contribution < 1.29 is 14.1 Å². The number of nitriles is 1. The SMILES string of the molecule is CC(C)(C)C(=O)/C(C#N)=C/c1ccc(-c2ccc([N+](=O)[O-])cc2Cl)o1. The van der Waals surface area contributed by atoms with E-state index in [0.29, 0.717) is 17.1 Å². The maximum absolute atomic E-state index is 12.2. The lowest BCUT2D eigenvalue weighted by atomic mass is 9.86. The topological polar surface area (TPSA) is 97.1 Å². The molecular weight excluding hydrogens is 344 g/mol. The second-order valence-corrected chi connectivity index (χ2v) is 6.78. The Hall–Kier alpha value is -2.91. The fraction of sp³-hybridized carbons (Fsp3) is 0.222. The predicted molar refractivity (Wildman–Crippen MR) is 93.9 cm³/mol. The number of nitro benzene ring substituents is 1. The van der Waals surface area contributed by atoms with Crippen molar-refractivity contribution >= 4 is 29.1 Å². The standard InChI is InChI=1S/C18H15ClN2O4/c1-18(2,3)17(22)11(10-20)8-13-5-7-16(25-13)14-6-4-12(21(23)24)9-15(14)19/h4-9H,1-3H3/b11-8+. The Bertz CT molecular complexity index is 914. The first-order chi connectivity index (χ1) is 11.6. The van der Waals surface area contributed by atoms with Crippen LogP contribution in [0, 0.1) is 26.9 Å². The van der Waals surface area contributed by atoms with E-state index in [1.807, 2.05) is 6.07 Å². The van der Waals surface area contributed by atoms with Crippen LogP contribution in [0.4, 0.5) is 5.69 Å². The number of furan rings is 1. The highest BCUT2D eigenvalue weighted by molar-refractivity contribution is 6.33. The summed E-state index contributed by atoms with van der Waals surface area (Å²) in [5.74, 6) is 0.409. The highest BCUT2D eigenvalue weighted by atomic mass is 35.5. The van der Waals surface area contributed by atoms with E-state index in [-0.39, 0.29) is 22.1 Å². The molecule has 0 atom stereocenters. The van der Waals surface area contributed by atoms with Crippen LogP contribution in [0.2, 0.25) is 5.02 Å². The summed E-state index contributed by atoms with van der Waals surface area (Å²) < 4.78 is 5.61. The zero-order chi connectivity index (χ0) is 18.8. The number of carbonyl (C=O) groups excluding carboxylic acids is 1. The molecule has 0 bridgehead atoms. The number of allylic oxidation sites excluding steroid dienone is 1. The number of ketones is 1. The van der Waals surface area contributed by atoms with Crippen LogP contribution >= 0.6 is 11.6 Å². The third kappa shape index (κ3) is 4.14. The normalized spacial score (nSPS) is 11.9. The molecule has 0 N–H and O–H groups in total. The van der Waals surface area contributed by atoms with Crippen molar-refractivity contribution in [3.05, 3.63) is 56.8 Å². The number of non-ortho nitro benzene ring substituents is 1. The van der Waals surface area contributed by atoms with E-state index in [2.05, 4.69) is 0 Å². The van der Waals surface area contributed by atoms with Crippen LogP contribution in [-0.2, 0) is 4.79 Å². The van der Waals surface area contributed by atoms with Gasteiger partial charge in [-0.1, -0.05) is 32.4 Å². The number of hydrogen-bond acceptors (Lipinski definition) is 5. The Morgan fingerprint density at radius 3 is 2.52 bits per heavy atom. The average molecular weight is 359 g/mol. The van der Waals surface area contributed by atoms with Crippen molar-refractivity contribution in [3.8, 4) is 17.4 Å². The van der Waals surface area contributed by atoms with Gasteiger partial charge in [-0.05, 0) is 18.2 Å². The van der Waals surface area contributed by atoms with E-state index in [0.717, 1.165) is 0 Å². The number of hydrogen-bond donors (Lipinski definition) is 0. The number of rotatable bonds is 4. The molecule has 0 unspecified atom stereocenters. The zero-order valence-electron chi connectivity index (χ0n) is 13.9. The quantitative estimate of drug-likeness (QED) is 0.330. The smallest absolute Gasteiger partial charge is 0.270 e. The van der Waals surface area contributed by atoms with Crippen molar-refractivity contribution in [2.24, 2.45) is 5.41 Å². The summed E-state index contributed by atoms with van der Waals surface area (Å²) in [5.41, 5.74) is -0.336. The van der Waals surface area contributed by atoms with Gasteiger partial charge in [0.1, 0.15) is 17.6 Å². The third-order valence-electron chi connectivity index (χ3n) is 3.39. The molecule has 0 saturated carbocycles. The fourth-order valence-electron chi connectivity index (χ4n) is 2.09. The molecule has 25 heavy (non-hydrogen) atoms. The summed E-state index contributed by atoms with van der Waals surface area (Å²) >= 11 is 6.07. The number of benzene rings is 1. The summed E-state index contributed by atoms with van der Waals surface area (Å²) in [4.78, 5) is 22.4. The number of Topliss-reactive ketones (excluding diaryl/α,β-unsaturated/α-hetero) is 1. The maximum Gasteiger partial charge on any atom is 0.270 e. The molecule has 0 radical (unpaired) electrons. The van der Waals surface area contributed by atoms with E-state index in [1.165, 1.54) is 24.3 Å². The molecule has 0 aliphatic rings. The van der Waals surface area contributed by atoms with Gasteiger partial charge in [-0.15, -0.1) is 0 Å². The van der Waals surface area contributed by atoms with Crippen LogP contribution in [-0.4, -0.2) is 10.7 Å². The molecule has 0 amide bonds. The highest BCUT2D eigenvalue weighted by Gasteiger charge is 2.25. The van der Waals surface area contributed by atoms with Gasteiger partial charge in [0.15, 0.2) is 5.78 Å². The third-order valence-corrected chi connectivity index (χ3v) is 3.70. The number of nitrogens with zero attached hydrogens (tertiary/aromatic N) is 2.